The van der Waals surface area contributed by atoms with Gasteiger partial charge in [-0.1, -0.05) is 32.9 Å². The largest absolute Gasteiger partial charge is 0.371 e. The highest BCUT2D eigenvalue weighted by Crippen LogP contribution is 2.27. The summed E-state index contributed by atoms with van der Waals surface area (Å²) in [5, 5.41) is 3.26. The van der Waals surface area contributed by atoms with E-state index in [1.807, 2.05) is 7.05 Å². The van der Waals surface area contributed by atoms with E-state index in [-0.39, 0.29) is 5.41 Å². The molecular weight excluding hydrogens is 220 g/mol. The molecule has 1 N–H and O–H groups in total. The number of nitrogens with one attached hydrogen (secondary N) is 1. The van der Waals surface area contributed by atoms with Gasteiger partial charge in [-0.2, -0.15) is 0 Å². The summed E-state index contributed by atoms with van der Waals surface area (Å²) in [6.07, 6.45) is 0. The predicted octanol–water partition coefficient (Wildman–Crippen LogP) is 3.84. The first-order valence-electron chi connectivity index (χ1n) is 6.77. The third-order valence-electron chi connectivity index (χ3n) is 4.07. The molecule has 0 amide bonds. The minimum atomic E-state index is 0.283. The van der Waals surface area contributed by atoms with Crippen LogP contribution in [0.3, 0.4) is 0 Å². The van der Waals surface area contributed by atoms with Crippen molar-refractivity contribution >= 4 is 5.69 Å². The molecule has 1 aromatic rings. The molecule has 0 saturated heterocycles. The zero-order valence-electron chi connectivity index (χ0n) is 12.9. The van der Waals surface area contributed by atoms with E-state index in [0.29, 0.717) is 12.1 Å². The second-order valence-corrected chi connectivity index (χ2v) is 6.25. The number of hydrogen-bond acceptors (Lipinski definition) is 2. The third-order valence-corrected chi connectivity index (χ3v) is 4.07. The Kier molecular flexibility index (Phi) is 4.80. The molecule has 1 rings (SSSR count). The van der Waals surface area contributed by atoms with Crippen LogP contribution < -0.4 is 10.2 Å². The van der Waals surface area contributed by atoms with Gasteiger partial charge in [-0.05, 0) is 44.0 Å². The van der Waals surface area contributed by atoms with Gasteiger partial charge in [-0.15, -0.1) is 0 Å². The number of rotatable bonds is 4. The molecule has 102 valence electrons. The fourth-order valence-electron chi connectivity index (χ4n) is 1.97. The highest BCUT2D eigenvalue weighted by molar-refractivity contribution is 5.48. The number of hydrogen-bond donors (Lipinski definition) is 1. The van der Waals surface area contributed by atoms with Gasteiger partial charge in [0.15, 0.2) is 0 Å². The Morgan fingerprint density at radius 2 is 1.56 bits per heavy atom. The van der Waals surface area contributed by atoms with E-state index < -0.39 is 0 Å². The molecule has 0 saturated carbocycles. The molecule has 0 aromatic heterocycles. The van der Waals surface area contributed by atoms with Gasteiger partial charge < -0.3 is 10.2 Å². The summed E-state index contributed by atoms with van der Waals surface area (Å²) in [6, 6.07) is 9.76. The second-order valence-electron chi connectivity index (χ2n) is 6.25. The van der Waals surface area contributed by atoms with Gasteiger partial charge in [0.1, 0.15) is 0 Å². The van der Waals surface area contributed by atoms with Crippen molar-refractivity contribution in [2.75, 3.05) is 19.0 Å². The van der Waals surface area contributed by atoms with Gasteiger partial charge >= 0.3 is 0 Å². The Morgan fingerprint density at radius 3 is 1.94 bits per heavy atom. The molecule has 0 bridgehead atoms. The van der Waals surface area contributed by atoms with E-state index in [1.54, 1.807) is 0 Å². The van der Waals surface area contributed by atoms with Crippen molar-refractivity contribution in [3.63, 3.8) is 0 Å². The summed E-state index contributed by atoms with van der Waals surface area (Å²) in [4.78, 5) is 2.35. The zero-order valence-corrected chi connectivity index (χ0v) is 12.9. The van der Waals surface area contributed by atoms with Crippen LogP contribution in [0.2, 0.25) is 0 Å². The summed E-state index contributed by atoms with van der Waals surface area (Å²) in [7, 11) is 4.17. The average Bonchev–Trinajstić information content (AvgIpc) is 2.35. The van der Waals surface area contributed by atoms with E-state index in [1.165, 1.54) is 11.3 Å². The third kappa shape index (κ3) is 3.49. The van der Waals surface area contributed by atoms with Gasteiger partial charge in [-0.3, -0.25) is 0 Å². The zero-order chi connectivity index (χ0) is 13.9. The molecule has 1 aromatic carbocycles. The molecule has 0 fully saturated rings. The molecule has 0 spiro atoms. The lowest BCUT2D eigenvalue weighted by Gasteiger charge is -2.37. The van der Waals surface area contributed by atoms with Crippen LogP contribution in [-0.4, -0.2) is 20.1 Å². The Labute approximate surface area is 112 Å². The monoisotopic (exact) mass is 248 g/mol. The molecule has 0 radical (unpaired) electrons. The first-order valence-corrected chi connectivity index (χ1v) is 6.77. The van der Waals surface area contributed by atoms with E-state index in [0.717, 1.165) is 0 Å². The van der Waals surface area contributed by atoms with Gasteiger partial charge in [-0.25, -0.2) is 0 Å². The molecule has 2 nitrogen and oxygen atoms in total. The van der Waals surface area contributed by atoms with Crippen molar-refractivity contribution in [1.82, 2.24) is 5.32 Å². The molecule has 0 aliphatic heterocycles. The van der Waals surface area contributed by atoms with Crippen LogP contribution in [0.25, 0.3) is 0 Å². The van der Waals surface area contributed by atoms with E-state index in [2.05, 4.69) is 76.1 Å². The SMILES string of the molecule is CNC(C)c1ccc(N(C)C(C)C(C)(C)C)cc1. The van der Waals surface area contributed by atoms with E-state index >= 15 is 0 Å². The quantitative estimate of drug-likeness (QED) is 0.871. The topological polar surface area (TPSA) is 15.3 Å². The van der Waals surface area contributed by atoms with Crippen LogP contribution in [0.1, 0.15) is 46.2 Å². The summed E-state index contributed by atoms with van der Waals surface area (Å²) < 4.78 is 0. The lowest BCUT2D eigenvalue weighted by Crippen LogP contribution is -2.39. The minimum Gasteiger partial charge on any atom is -0.371 e. The molecular formula is C16H28N2. The van der Waals surface area contributed by atoms with E-state index in [4.69, 9.17) is 0 Å². The lowest BCUT2D eigenvalue weighted by molar-refractivity contribution is 0.330. The first-order chi connectivity index (χ1) is 8.27. The normalized spacial score (nSPS) is 15.3. The standard InChI is InChI=1S/C16H28N2/c1-12(17-6)14-8-10-15(11-9-14)18(7)13(2)16(3,4)5/h8-13,17H,1-7H3. The molecule has 0 aliphatic carbocycles. The van der Waals surface area contributed by atoms with Crippen LogP contribution in [0.5, 0.6) is 0 Å². The molecule has 2 heteroatoms. The Balaban J connectivity index is 2.85. The molecule has 0 heterocycles. The van der Waals surface area contributed by atoms with Crippen molar-refractivity contribution in [3.05, 3.63) is 29.8 Å². The Bertz CT molecular complexity index is 362. The number of nitrogens with zero attached hydrogens (tertiary/aromatic N) is 1. The number of anilines is 1. The van der Waals surface area contributed by atoms with Crippen molar-refractivity contribution in [2.24, 2.45) is 5.41 Å². The molecule has 2 unspecified atom stereocenters. The molecule has 2 atom stereocenters. The van der Waals surface area contributed by atoms with Gasteiger partial charge in [0.2, 0.25) is 0 Å². The summed E-state index contributed by atoms with van der Waals surface area (Å²) in [5.74, 6) is 0. The summed E-state index contributed by atoms with van der Waals surface area (Å²) in [6.45, 7) is 11.3. The van der Waals surface area contributed by atoms with E-state index in [9.17, 15) is 0 Å². The predicted molar refractivity (Wildman–Crippen MR) is 81.2 cm³/mol. The molecule has 18 heavy (non-hydrogen) atoms. The van der Waals surface area contributed by atoms with Crippen LogP contribution in [0.15, 0.2) is 24.3 Å². The maximum atomic E-state index is 3.26. The van der Waals surface area contributed by atoms with Gasteiger partial charge in [0.05, 0.1) is 0 Å². The van der Waals surface area contributed by atoms with Gasteiger partial charge in [0, 0.05) is 24.8 Å². The Hall–Kier alpha value is -1.02. The van der Waals surface area contributed by atoms with Crippen molar-refractivity contribution < 1.29 is 0 Å². The van der Waals surface area contributed by atoms with Crippen molar-refractivity contribution in [3.8, 4) is 0 Å². The Morgan fingerprint density at radius 1 is 1.06 bits per heavy atom. The summed E-state index contributed by atoms with van der Waals surface area (Å²) >= 11 is 0. The van der Waals surface area contributed by atoms with Crippen molar-refractivity contribution in [1.29, 1.82) is 0 Å². The second kappa shape index (κ2) is 5.75. The smallest absolute Gasteiger partial charge is 0.0366 e. The lowest BCUT2D eigenvalue weighted by atomic mass is 9.87. The maximum absolute atomic E-state index is 3.26. The average molecular weight is 248 g/mol. The fourth-order valence-corrected chi connectivity index (χ4v) is 1.97. The van der Waals surface area contributed by atoms with Crippen LogP contribution in [0, 0.1) is 5.41 Å². The first kappa shape index (κ1) is 15.0. The van der Waals surface area contributed by atoms with Gasteiger partial charge in [0.25, 0.3) is 0 Å². The highest BCUT2D eigenvalue weighted by Gasteiger charge is 2.24. The number of benzene rings is 1. The minimum absolute atomic E-state index is 0.283. The molecule has 0 aliphatic rings. The highest BCUT2D eigenvalue weighted by atomic mass is 15.1. The fraction of sp³-hybridized carbons (Fsp3) is 0.625. The van der Waals surface area contributed by atoms with Crippen LogP contribution >= 0.6 is 0 Å². The summed E-state index contributed by atoms with van der Waals surface area (Å²) in [5.41, 5.74) is 2.90. The van der Waals surface area contributed by atoms with Crippen molar-refractivity contribution in [2.45, 2.75) is 46.7 Å². The van der Waals surface area contributed by atoms with Crippen LogP contribution in [0.4, 0.5) is 5.69 Å². The van der Waals surface area contributed by atoms with Crippen LogP contribution in [-0.2, 0) is 0 Å². The maximum Gasteiger partial charge on any atom is 0.0366 e.